The van der Waals surface area contributed by atoms with E-state index in [1.165, 1.54) is 16.7 Å². The largest absolute Gasteiger partial charge is 0.307 e. The van der Waals surface area contributed by atoms with Gasteiger partial charge in [-0.25, -0.2) is 4.68 Å². The molecular weight excluding hydrogens is 352 g/mol. The van der Waals surface area contributed by atoms with E-state index in [-0.39, 0.29) is 0 Å². The fourth-order valence-corrected chi connectivity index (χ4v) is 3.70. The third-order valence-electron chi connectivity index (χ3n) is 5.11. The molecule has 0 amide bonds. The van der Waals surface area contributed by atoms with Gasteiger partial charge in [0.25, 0.3) is 0 Å². The zero-order valence-corrected chi connectivity index (χ0v) is 16.4. The van der Waals surface area contributed by atoms with Gasteiger partial charge in [0.2, 0.25) is 0 Å². The molecule has 0 unspecified atom stereocenters. The maximum absolute atomic E-state index is 5.62. The summed E-state index contributed by atoms with van der Waals surface area (Å²) in [5.74, 6) is 1.00. The SMILES string of the molecule is Cn1c(Cc2ccccc2)nn(CN2CC=C(c3ccccc3)CC2)c1=S. The highest BCUT2D eigenvalue weighted by molar-refractivity contribution is 7.71. The molecule has 0 fully saturated rings. The van der Waals surface area contributed by atoms with Gasteiger partial charge in [-0.3, -0.25) is 4.90 Å². The molecule has 0 radical (unpaired) electrons. The molecular formula is C22H24N4S. The summed E-state index contributed by atoms with van der Waals surface area (Å²) in [6.45, 7) is 2.68. The van der Waals surface area contributed by atoms with Crippen LogP contribution < -0.4 is 0 Å². The summed E-state index contributed by atoms with van der Waals surface area (Å²) in [5, 5.41) is 4.79. The second-order valence-corrected chi connectivity index (χ2v) is 7.35. The minimum absolute atomic E-state index is 0.736. The van der Waals surface area contributed by atoms with Crippen LogP contribution in [0.15, 0.2) is 66.7 Å². The molecule has 0 atom stereocenters. The van der Waals surface area contributed by atoms with E-state index in [0.29, 0.717) is 0 Å². The van der Waals surface area contributed by atoms with E-state index in [9.17, 15) is 0 Å². The molecule has 2 heterocycles. The second kappa shape index (κ2) is 8.03. The minimum atomic E-state index is 0.736. The van der Waals surface area contributed by atoms with E-state index < -0.39 is 0 Å². The summed E-state index contributed by atoms with van der Waals surface area (Å²) in [6, 6.07) is 21.1. The fraction of sp³-hybridized carbons (Fsp3) is 0.273. The molecule has 1 aromatic heterocycles. The first-order valence-electron chi connectivity index (χ1n) is 9.34. The van der Waals surface area contributed by atoms with Crippen LogP contribution >= 0.6 is 12.2 Å². The number of nitrogens with zero attached hydrogens (tertiary/aromatic N) is 4. The first-order chi connectivity index (χ1) is 13.2. The van der Waals surface area contributed by atoms with E-state index in [1.54, 1.807) is 0 Å². The molecule has 27 heavy (non-hydrogen) atoms. The monoisotopic (exact) mass is 376 g/mol. The molecule has 138 valence electrons. The summed E-state index contributed by atoms with van der Waals surface area (Å²) < 4.78 is 4.76. The van der Waals surface area contributed by atoms with Crippen LogP contribution in [0.5, 0.6) is 0 Å². The Balaban J connectivity index is 1.45. The summed E-state index contributed by atoms with van der Waals surface area (Å²) in [6.07, 6.45) is 4.18. The zero-order chi connectivity index (χ0) is 18.6. The van der Waals surface area contributed by atoms with Crippen molar-refractivity contribution in [1.82, 2.24) is 19.2 Å². The lowest BCUT2D eigenvalue weighted by atomic mass is 10.00. The first kappa shape index (κ1) is 17.9. The average Bonchev–Trinajstić information content (AvgIpc) is 2.98. The molecule has 0 spiro atoms. The van der Waals surface area contributed by atoms with E-state index >= 15 is 0 Å². The molecule has 1 aliphatic rings. The van der Waals surface area contributed by atoms with Crippen molar-refractivity contribution >= 4 is 17.8 Å². The van der Waals surface area contributed by atoms with Crippen molar-refractivity contribution in [1.29, 1.82) is 0 Å². The van der Waals surface area contributed by atoms with Crippen LogP contribution in [0.4, 0.5) is 0 Å². The lowest BCUT2D eigenvalue weighted by Gasteiger charge is -2.26. The van der Waals surface area contributed by atoms with Crippen molar-refractivity contribution in [3.8, 4) is 0 Å². The van der Waals surface area contributed by atoms with E-state index in [2.05, 4.69) is 65.6 Å². The van der Waals surface area contributed by atoms with Crippen molar-refractivity contribution < 1.29 is 0 Å². The third-order valence-corrected chi connectivity index (χ3v) is 5.59. The summed E-state index contributed by atoms with van der Waals surface area (Å²) in [7, 11) is 2.01. The highest BCUT2D eigenvalue weighted by Crippen LogP contribution is 2.22. The van der Waals surface area contributed by atoms with Gasteiger partial charge in [0, 0.05) is 26.6 Å². The molecule has 4 nitrogen and oxygen atoms in total. The molecule has 0 saturated heterocycles. The number of hydrogen-bond acceptors (Lipinski definition) is 3. The second-order valence-electron chi connectivity index (χ2n) is 6.98. The van der Waals surface area contributed by atoms with Crippen molar-refractivity contribution in [2.24, 2.45) is 7.05 Å². The maximum atomic E-state index is 5.62. The molecule has 1 aliphatic heterocycles. The van der Waals surface area contributed by atoms with Gasteiger partial charge >= 0.3 is 0 Å². The van der Waals surface area contributed by atoms with Crippen LogP contribution in [-0.2, 0) is 20.1 Å². The lowest BCUT2D eigenvalue weighted by Crippen LogP contribution is -2.31. The Bertz CT molecular complexity index is 986. The predicted octanol–water partition coefficient (Wildman–Crippen LogP) is 4.29. The molecule has 5 heteroatoms. The summed E-state index contributed by atoms with van der Waals surface area (Å²) >= 11 is 5.62. The van der Waals surface area contributed by atoms with E-state index in [4.69, 9.17) is 17.3 Å². The Morgan fingerprint density at radius 1 is 1.00 bits per heavy atom. The van der Waals surface area contributed by atoms with E-state index in [0.717, 1.165) is 43.2 Å². The standard InChI is InChI=1S/C22H24N4S/c1-24-21(16-18-8-4-2-5-9-18)23-26(22(24)27)17-25-14-12-20(13-15-25)19-10-6-3-7-11-19/h2-12H,13-17H2,1H3. The Morgan fingerprint density at radius 3 is 2.37 bits per heavy atom. The average molecular weight is 377 g/mol. The molecule has 0 N–H and O–H groups in total. The van der Waals surface area contributed by atoms with Gasteiger partial charge < -0.3 is 4.57 Å². The van der Waals surface area contributed by atoms with Gasteiger partial charge in [0.1, 0.15) is 5.82 Å². The van der Waals surface area contributed by atoms with Gasteiger partial charge in [-0.2, -0.15) is 5.10 Å². The number of benzene rings is 2. The zero-order valence-electron chi connectivity index (χ0n) is 15.6. The molecule has 3 aromatic rings. The van der Waals surface area contributed by atoms with Gasteiger partial charge in [0.05, 0.1) is 6.67 Å². The van der Waals surface area contributed by atoms with Crippen LogP contribution in [0.2, 0.25) is 0 Å². The van der Waals surface area contributed by atoms with Crippen LogP contribution in [0.3, 0.4) is 0 Å². The van der Waals surface area contributed by atoms with Crippen LogP contribution in [-0.4, -0.2) is 32.3 Å². The van der Waals surface area contributed by atoms with Gasteiger partial charge in [-0.1, -0.05) is 66.7 Å². The quantitative estimate of drug-likeness (QED) is 0.622. The lowest BCUT2D eigenvalue weighted by molar-refractivity contribution is 0.225. The first-order valence-corrected chi connectivity index (χ1v) is 9.75. The Morgan fingerprint density at radius 2 is 1.70 bits per heavy atom. The molecule has 2 aromatic carbocycles. The Labute approximate surface area is 165 Å². The van der Waals surface area contributed by atoms with Crippen LogP contribution in [0.1, 0.15) is 23.4 Å². The third kappa shape index (κ3) is 4.10. The van der Waals surface area contributed by atoms with Crippen molar-refractivity contribution in [3.63, 3.8) is 0 Å². The molecule has 0 saturated carbocycles. The topological polar surface area (TPSA) is 26.0 Å². The minimum Gasteiger partial charge on any atom is -0.307 e. The highest BCUT2D eigenvalue weighted by Gasteiger charge is 2.15. The highest BCUT2D eigenvalue weighted by atomic mass is 32.1. The number of rotatable bonds is 5. The van der Waals surface area contributed by atoms with Crippen molar-refractivity contribution in [2.45, 2.75) is 19.5 Å². The fourth-order valence-electron chi connectivity index (χ4n) is 3.50. The number of aromatic nitrogens is 3. The van der Waals surface area contributed by atoms with Crippen molar-refractivity contribution in [3.05, 3.63) is 88.5 Å². The van der Waals surface area contributed by atoms with Crippen LogP contribution in [0.25, 0.3) is 5.57 Å². The van der Waals surface area contributed by atoms with E-state index in [1.807, 2.05) is 22.4 Å². The summed E-state index contributed by atoms with van der Waals surface area (Å²) in [4.78, 5) is 2.39. The van der Waals surface area contributed by atoms with Gasteiger partial charge in [-0.15, -0.1) is 0 Å². The molecule has 0 bridgehead atoms. The van der Waals surface area contributed by atoms with Crippen LogP contribution in [0, 0.1) is 4.77 Å². The van der Waals surface area contributed by atoms with Crippen molar-refractivity contribution in [2.75, 3.05) is 13.1 Å². The Hall–Kier alpha value is -2.50. The van der Waals surface area contributed by atoms with Gasteiger partial charge in [0.15, 0.2) is 4.77 Å². The molecule has 0 aliphatic carbocycles. The molecule has 4 rings (SSSR count). The predicted molar refractivity (Wildman–Crippen MR) is 112 cm³/mol. The Kier molecular flexibility index (Phi) is 5.32. The van der Waals surface area contributed by atoms with Gasteiger partial charge in [-0.05, 0) is 35.3 Å². The number of hydrogen-bond donors (Lipinski definition) is 0. The summed E-state index contributed by atoms with van der Waals surface area (Å²) in [5.41, 5.74) is 4.01. The maximum Gasteiger partial charge on any atom is 0.198 e. The normalized spacial score (nSPS) is 14.9. The smallest absolute Gasteiger partial charge is 0.198 e.